The lowest BCUT2D eigenvalue weighted by Gasteiger charge is -2.09. The Bertz CT molecular complexity index is 1130. The van der Waals surface area contributed by atoms with Crippen molar-refractivity contribution in [2.45, 2.75) is 13.0 Å². The first-order valence-corrected chi connectivity index (χ1v) is 8.04. The molecule has 0 fully saturated rings. The number of carbonyl (C=O) groups is 2. The Hall–Kier alpha value is -2.92. The van der Waals surface area contributed by atoms with Gasteiger partial charge in [0.2, 0.25) is 5.88 Å². The molecule has 0 spiro atoms. The molecule has 0 aliphatic carbocycles. The summed E-state index contributed by atoms with van der Waals surface area (Å²) in [5.74, 6) is -2.38. The first kappa shape index (κ1) is 16.9. The maximum Gasteiger partial charge on any atom is 0.326 e. The van der Waals surface area contributed by atoms with Crippen LogP contribution < -0.4 is 10.6 Å². The van der Waals surface area contributed by atoms with E-state index in [0.717, 1.165) is 15.9 Å². The molecule has 3 rings (SSSR count). The van der Waals surface area contributed by atoms with Gasteiger partial charge in [0.15, 0.2) is 3.95 Å². The summed E-state index contributed by atoms with van der Waals surface area (Å²) in [4.78, 5) is 37.6. The molecule has 1 atom stereocenters. The average Bonchev–Trinajstić information content (AvgIpc) is 3.01. The molecule has 0 bridgehead atoms. The maximum absolute atomic E-state index is 12.3. The zero-order valence-electron chi connectivity index (χ0n) is 12.5. The third-order valence-corrected chi connectivity index (χ3v) is 5.09. The van der Waals surface area contributed by atoms with E-state index in [4.69, 9.17) is 17.3 Å². The van der Waals surface area contributed by atoms with Gasteiger partial charge in [-0.1, -0.05) is 0 Å². The first-order valence-electron chi connectivity index (χ1n) is 6.81. The van der Waals surface area contributed by atoms with Gasteiger partial charge in [-0.25, -0.2) is 9.79 Å². The number of carboxylic acids is 1. The Morgan fingerprint density at radius 2 is 2.16 bits per heavy atom. The minimum Gasteiger partial charge on any atom is -0.493 e. The fourth-order valence-corrected chi connectivity index (χ4v) is 3.93. The van der Waals surface area contributed by atoms with Gasteiger partial charge in [0.1, 0.15) is 10.9 Å². The maximum atomic E-state index is 12.3. The van der Waals surface area contributed by atoms with Crippen LogP contribution in [0.5, 0.6) is 5.88 Å². The molecule has 1 aliphatic rings. The fraction of sp³-hybridized carbons (Fsp3) is 0.143. The number of aromatic hydroxyl groups is 1. The highest BCUT2D eigenvalue weighted by atomic mass is 32.1. The van der Waals surface area contributed by atoms with E-state index in [-0.39, 0.29) is 30.7 Å². The number of rotatable bonds is 4. The SMILES string of the molecule is CC(C(=O)O)n1c(O)c(C2=c3cc([N+](=O)[O-])ccc3=NC2=O)sc1=S. The number of amides is 1. The number of thiazole rings is 1. The van der Waals surface area contributed by atoms with Crippen LogP contribution in [0.3, 0.4) is 0 Å². The number of benzene rings is 1. The molecule has 2 heterocycles. The van der Waals surface area contributed by atoms with Gasteiger partial charge in [-0.15, -0.1) is 11.3 Å². The molecule has 25 heavy (non-hydrogen) atoms. The van der Waals surface area contributed by atoms with Crippen molar-refractivity contribution in [3.63, 3.8) is 0 Å². The Morgan fingerprint density at radius 3 is 2.76 bits per heavy atom. The van der Waals surface area contributed by atoms with Crippen molar-refractivity contribution in [1.29, 1.82) is 0 Å². The summed E-state index contributed by atoms with van der Waals surface area (Å²) in [5.41, 5.74) is -0.272. The first-order chi connectivity index (χ1) is 11.7. The third-order valence-electron chi connectivity index (χ3n) is 3.69. The molecule has 1 aliphatic heterocycles. The number of fused-ring (bicyclic) bond motifs is 1. The van der Waals surface area contributed by atoms with Gasteiger partial charge in [-0.05, 0) is 25.2 Å². The average molecular weight is 379 g/mol. The zero-order chi connectivity index (χ0) is 18.5. The number of aliphatic carboxylic acids is 1. The number of carboxylic acid groups (broad SMARTS) is 1. The van der Waals surface area contributed by atoms with Gasteiger partial charge < -0.3 is 10.2 Å². The van der Waals surface area contributed by atoms with Crippen LogP contribution in [-0.2, 0) is 9.59 Å². The summed E-state index contributed by atoms with van der Waals surface area (Å²) < 4.78 is 1.06. The van der Waals surface area contributed by atoms with Gasteiger partial charge in [0, 0.05) is 17.4 Å². The van der Waals surface area contributed by atoms with Crippen LogP contribution in [0.25, 0.3) is 5.57 Å². The van der Waals surface area contributed by atoms with Crippen LogP contribution in [0.4, 0.5) is 5.69 Å². The minimum absolute atomic E-state index is 0.0334. The van der Waals surface area contributed by atoms with E-state index in [1.54, 1.807) is 0 Å². The summed E-state index contributed by atoms with van der Waals surface area (Å²) >= 11 is 5.93. The van der Waals surface area contributed by atoms with Crippen LogP contribution in [0.2, 0.25) is 0 Å². The van der Waals surface area contributed by atoms with E-state index in [0.29, 0.717) is 0 Å². The zero-order valence-corrected chi connectivity index (χ0v) is 14.1. The van der Waals surface area contributed by atoms with E-state index in [1.165, 1.54) is 25.1 Å². The number of aromatic nitrogens is 1. The molecule has 0 saturated heterocycles. The normalized spacial score (nSPS) is 14.1. The molecule has 0 saturated carbocycles. The van der Waals surface area contributed by atoms with E-state index in [2.05, 4.69) is 4.99 Å². The predicted molar refractivity (Wildman–Crippen MR) is 88.5 cm³/mol. The summed E-state index contributed by atoms with van der Waals surface area (Å²) in [6.07, 6.45) is 0. The van der Waals surface area contributed by atoms with Crippen molar-refractivity contribution >= 4 is 46.7 Å². The number of non-ortho nitro benzene ring substituents is 1. The Morgan fingerprint density at radius 1 is 1.48 bits per heavy atom. The molecule has 1 amide bonds. The summed E-state index contributed by atoms with van der Waals surface area (Å²) in [5, 5.41) is 30.9. The van der Waals surface area contributed by atoms with E-state index < -0.39 is 28.7 Å². The summed E-state index contributed by atoms with van der Waals surface area (Å²) in [6, 6.07) is 2.60. The highest BCUT2D eigenvalue weighted by Gasteiger charge is 2.28. The molecule has 1 aromatic heterocycles. The van der Waals surface area contributed by atoms with Crippen LogP contribution in [-0.4, -0.2) is 31.6 Å². The standard InChI is InChI=1S/C14H9N3O6S2/c1-5(13(20)21)16-12(19)10(25-14(16)24)9-7-4-6(17(22)23)2-3-8(7)15-11(9)18/h2-5,19H,1H3,(H,20,21). The lowest BCUT2D eigenvalue weighted by molar-refractivity contribution is -0.385. The number of nitro benzene ring substituents is 1. The van der Waals surface area contributed by atoms with Crippen LogP contribution in [0.15, 0.2) is 23.2 Å². The lowest BCUT2D eigenvalue weighted by atomic mass is 10.1. The molecule has 0 radical (unpaired) electrons. The summed E-state index contributed by atoms with van der Waals surface area (Å²) in [7, 11) is 0. The van der Waals surface area contributed by atoms with Gasteiger partial charge in [0.25, 0.3) is 11.6 Å². The van der Waals surface area contributed by atoms with Crippen molar-refractivity contribution < 1.29 is 24.7 Å². The fourth-order valence-electron chi connectivity index (χ4n) is 2.43. The number of hydrogen-bond donors (Lipinski definition) is 2. The predicted octanol–water partition coefficient (Wildman–Crippen LogP) is 0.897. The highest BCUT2D eigenvalue weighted by Crippen LogP contribution is 2.35. The second-order valence-electron chi connectivity index (χ2n) is 5.16. The molecule has 1 unspecified atom stereocenters. The Labute approximate surface area is 148 Å². The number of nitro groups is 1. The van der Waals surface area contributed by atoms with Gasteiger partial charge >= 0.3 is 5.97 Å². The van der Waals surface area contributed by atoms with Crippen LogP contribution in [0, 0.1) is 14.1 Å². The van der Waals surface area contributed by atoms with Crippen LogP contribution in [0.1, 0.15) is 17.8 Å². The molecular weight excluding hydrogens is 370 g/mol. The smallest absolute Gasteiger partial charge is 0.326 e. The van der Waals surface area contributed by atoms with E-state index >= 15 is 0 Å². The van der Waals surface area contributed by atoms with Gasteiger partial charge in [0.05, 0.1) is 15.9 Å². The number of nitrogens with zero attached hydrogens (tertiary/aromatic N) is 3. The highest BCUT2D eigenvalue weighted by molar-refractivity contribution is 7.73. The second kappa shape index (κ2) is 5.86. The Kier molecular flexibility index (Phi) is 3.97. The quantitative estimate of drug-likeness (QED) is 0.458. The van der Waals surface area contributed by atoms with Crippen molar-refractivity contribution in [3.05, 3.63) is 47.7 Å². The molecule has 128 valence electrons. The summed E-state index contributed by atoms with van der Waals surface area (Å²) in [6.45, 7) is 1.33. The van der Waals surface area contributed by atoms with Crippen molar-refractivity contribution in [1.82, 2.24) is 4.57 Å². The third kappa shape index (κ3) is 2.62. The molecule has 9 nitrogen and oxygen atoms in total. The molecule has 2 aromatic rings. The number of carbonyl (C=O) groups excluding carboxylic acids is 1. The molecule has 2 N–H and O–H groups in total. The second-order valence-corrected chi connectivity index (χ2v) is 6.80. The molecule has 1 aromatic carbocycles. The number of hydrogen-bond acceptors (Lipinski definition) is 7. The van der Waals surface area contributed by atoms with Crippen molar-refractivity contribution in [3.8, 4) is 5.88 Å². The topological polar surface area (TPSA) is 135 Å². The van der Waals surface area contributed by atoms with Crippen LogP contribution >= 0.6 is 23.6 Å². The minimum atomic E-state index is -1.21. The van der Waals surface area contributed by atoms with Crippen molar-refractivity contribution in [2.24, 2.45) is 4.99 Å². The molecular formula is C14H9N3O6S2. The lowest BCUT2D eigenvalue weighted by Crippen LogP contribution is -2.23. The molecule has 11 heteroatoms. The van der Waals surface area contributed by atoms with Crippen molar-refractivity contribution in [2.75, 3.05) is 0 Å². The van der Waals surface area contributed by atoms with Gasteiger partial charge in [-0.3, -0.25) is 19.5 Å². The largest absolute Gasteiger partial charge is 0.493 e. The van der Waals surface area contributed by atoms with E-state index in [9.17, 15) is 24.8 Å². The van der Waals surface area contributed by atoms with Gasteiger partial charge in [-0.2, -0.15) is 0 Å². The Balaban J connectivity index is 2.33. The monoisotopic (exact) mass is 379 g/mol. The van der Waals surface area contributed by atoms with E-state index in [1.807, 2.05) is 0 Å².